The highest BCUT2D eigenvalue weighted by atomic mass is 35.5. The molecule has 2 aromatic carbocycles. The normalized spacial score (nSPS) is 15.0. The molecule has 1 aliphatic carbocycles. The van der Waals surface area contributed by atoms with Crippen molar-refractivity contribution in [2.45, 2.75) is 63.6 Å². The van der Waals surface area contributed by atoms with Crippen LogP contribution in [0.2, 0.25) is 10.0 Å². The number of aryl methyl sites for hydroxylation is 1. The van der Waals surface area contributed by atoms with Crippen LogP contribution in [0.1, 0.15) is 59.1 Å². The van der Waals surface area contributed by atoms with E-state index in [9.17, 15) is 27.2 Å². The third-order valence-electron chi connectivity index (χ3n) is 6.48. The van der Waals surface area contributed by atoms with Gasteiger partial charge in [0, 0.05) is 17.3 Å². The van der Waals surface area contributed by atoms with Crippen LogP contribution in [0.3, 0.4) is 0 Å². The average Bonchev–Trinajstić information content (AvgIpc) is 3.35. The molecular weight excluding hydrogens is 614 g/mol. The molecule has 1 N–H and O–H groups in total. The maximum Gasteiger partial charge on any atom is 0.461 e. The van der Waals surface area contributed by atoms with Gasteiger partial charge in [0.15, 0.2) is 5.75 Å². The van der Waals surface area contributed by atoms with Gasteiger partial charge in [-0.25, -0.2) is 4.39 Å². The zero-order valence-corrected chi connectivity index (χ0v) is 23.7. The number of benzene rings is 2. The van der Waals surface area contributed by atoms with Crippen molar-refractivity contribution in [3.63, 3.8) is 0 Å². The second-order valence-electron chi connectivity index (χ2n) is 9.33. The monoisotopic (exact) mass is 636 g/mol. The lowest BCUT2D eigenvalue weighted by atomic mass is 9.94. The number of aromatic nitrogens is 2. The van der Waals surface area contributed by atoms with E-state index in [1.807, 2.05) is 0 Å². The van der Waals surface area contributed by atoms with Gasteiger partial charge in [0.25, 0.3) is 5.91 Å². The first-order valence-electron chi connectivity index (χ1n) is 12.4. The third-order valence-corrected chi connectivity index (χ3v) is 7.85. The Hall–Kier alpha value is -3.03. The fourth-order valence-corrected chi connectivity index (χ4v) is 5.65. The van der Waals surface area contributed by atoms with E-state index in [-0.39, 0.29) is 27.9 Å². The summed E-state index contributed by atoms with van der Waals surface area (Å²) in [7, 11) is 0. The summed E-state index contributed by atoms with van der Waals surface area (Å²) in [5.74, 6) is -3.34. The summed E-state index contributed by atoms with van der Waals surface area (Å²) in [5.41, 5.74) is -0.197. The van der Waals surface area contributed by atoms with E-state index in [1.165, 1.54) is 25.1 Å². The molecule has 4 rings (SSSR count). The second kappa shape index (κ2) is 12.9. The van der Waals surface area contributed by atoms with Crippen molar-refractivity contribution in [3.05, 3.63) is 68.4 Å². The molecule has 1 aliphatic rings. The highest BCUT2D eigenvalue weighted by molar-refractivity contribution is 7.08. The predicted molar refractivity (Wildman–Crippen MR) is 144 cm³/mol. The molecular formula is C26H23Cl2F5N4O3S. The number of carbonyl (C=O) groups is 2. The molecule has 1 aromatic heterocycles. The molecule has 1 fully saturated rings. The Kier molecular flexibility index (Phi) is 9.70. The minimum absolute atomic E-state index is 0.00592. The molecule has 0 radical (unpaired) electrons. The summed E-state index contributed by atoms with van der Waals surface area (Å²) in [4.78, 5) is 28.7. The fourth-order valence-electron chi connectivity index (χ4n) is 4.51. The molecule has 7 nitrogen and oxygen atoms in total. The number of nitrogens with one attached hydrogen (secondary N) is 1. The van der Waals surface area contributed by atoms with Crippen molar-refractivity contribution in [1.29, 1.82) is 0 Å². The zero-order chi connectivity index (χ0) is 29.9. The Morgan fingerprint density at radius 1 is 1.12 bits per heavy atom. The van der Waals surface area contributed by atoms with Crippen LogP contribution in [-0.4, -0.2) is 40.0 Å². The standard InChI is InChI=1S/C26H23Cl2F5N4O3S/c1-13-22(41-36-35-13)24(39)37(15-11-17(27)21(18(28)12-15)40-26(32,33)25(30)31)20(16-9-5-6-10-19(16)29)23(38)34-14-7-3-2-4-8-14/h5-6,9-12,14,20,25H,2-4,7-8H2,1H3,(H,34,38). The van der Waals surface area contributed by atoms with Crippen molar-refractivity contribution in [1.82, 2.24) is 14.9 Å². The number of carbonyl (C=O) groups excluding carboxylic acids is 2. The second-order valence-corrected chi connectivity index (χ2v) is 10.9. The highest BCUT2D eigenvalue weighted by Crippen LogP contribution is 2.43. The van der Waals surface area contributed by atoms with Crippen LogP contribution < -0.4 is 15.0 Å². The van der Waals surface area contributed by atoms with Gasteiger partial charge < -0.3 is 10.1 Å². The van der Waals surface area contributed by atoms with Gasteiger partial charge in [0.2, 0.25) is 5.91 Å². The van der Waals surface area contributed by atoms with Crippen LogP contribution in [0, 0.1) is 12.7 Å². The van der Waals surface area contributed by atoms with Crippen LogP contribution in [0.15, 0.2) is 36.4 Å². The fraction of sp³-hybridized carbons (Fsp3) is 0.385. The molecule has 0 bridgehead atoms. The van der Waals surface area contributed by atoms with Crippen molar-refractivity contribution in [2.24, 2.45) is 0 Å². The Labute approximate surface area is 245 Å². The van der Waals surface area contributed by atoms with Crippen LogP contribution in [0.25, 0.3) is 0 Å². The van der Waals surface area contributed by atoms with Gasteiger partial charge >= 0.3 is 12.5 Å². The van der Waals surface area contributed by atoms with Crippen LogP contribution >= 0.6 is 34.7 Å². The first kappa shape index (κ1) is 30.9. The number of amides is 2. The van der Waals surface area contributed by atoms with E-state index in [0.29, 0.717) is 24.4 Å². The summed E-state index contributed by atoms with van der Waals surface area (Å²) in [5, 5.41) is 5.40. The average molecular weight is 637 g/mol. The number of rotatable bonds is 9. The number of halogens is 7. The molecule has 1 heterocycles. The van der Waals surface area contributed by atoms with Gasteiger partial charge in [-0.05, 0) is 49.5 Å². The first-order valence-corrected chi connectivity index (χ1v) is 13.9. The molecule has 2 amide bonds. The molecule has 0 spiro atoms. The van der Waals surface area contributed by atoms with Crippen LogP contribution in [0.4, 0.5) is 27.6 Å². The van der Waals surface area contributed by atoms with Gasteiger partial charge in [-0.2, -0.15) is 17.6 Å². The van der Waals surface area contributed by atoms with Gasteiger partial charge in [0.05, 0.1) is 15.7 Å². The highest BCUT2D eigenvalue weighted by Gasteiger charge is 2.45. The van der Waals surface area contributed by atoms with Crippen molar-refractivity contribution < 1.29 is 36.3 Å². The predicted octanol–water partition coefficient (Wildman–Crippen LogP) is 7.37. The third kappa shape index (κ3) is 6.90. The summed E-state index contributed by atoms with van der Waals surface area (Å²) in [6.45, 7) is 1.50. The van der Waals surface area contributed by atoms with Crippen molar-refractivity contribution in [3.8, 4) is 5.75 Å². The van der Waals surface area contributed by atoms with Crippen molar-refractivity contribution in [2.75, 3.05) is 4.90 Å². The van der Waals surface area contributed by atoms with Crippen LogP contribution in [-0.2, 0) is 4.79 Å². The lowest BCUT2D eigenvalue weighted by Crippen LogP contribution is -2.47. The van der Waals surface area contributed by atoms with Gasteiger partial charge in [-0.3, -0.25) is 14.5 Å². The quantitative estimate of drug-likeness (QED) is 0.248. The number of nitrogens with zero attached hydrogens (tertiary/aromatic N) is 3. The van der Waals surface area contributed by atoms with E-state index in [1.54, 1.807) is 0 Å². The molecule has 1 saturated carbocycles. The van der Waals surface area contributed by atoms with E-state index in [0.717, 1.165) is 42.4 Å². The maximum absolute atomic E-state index is 15.3. The largest absolute Gasteiger partial charge is 0.461 e. The number of ether oxygens (including phenoxy) is 1. The number of hydrogen-bond acceptors (Lipinski definition) is 6. The molecule has 1 unspecified atom stereocenters. The minimum Gasteiger partial charge on any atom is -0.425 e. The molecule has 15 heteroatoms. The SMILES string of the molecule is Cc1nnsc1C(=O)N(c1cc(Cl)c(OC(F)(F)C(F)F)c(Cl)c1)C(C(=O)NC1CCCCC1)c1ccccc1F. The lowest BCUT2D eigenvalue weighted by Gasteiger charge is -2.33. The molecule has 220 valence electrons. The topological polar surface area (TPSA) is 84.4 Å². The smallest absolute Gasteiger partial charge is 0.425 e. The summed E-state index contributed by atoms with van der Waals surface area (Å²) < 4.78 is 76.0. The lowest BCUT2D eigenvalue weighted by molar-refractivity contribution is -0.253. The van der Waals surface area contributed by atoms with Gasteiger partial charge in [-0.1, -0.05) is 65.2 Å². The minimum atomic E-state index is -4.93. The number of alkyl halides is 4. The molecule has 0 saturated heterocycles. The Morgan fingerprint density at radius 3 is 2.32 bits per heavy atom. The van der Waals surface area contributed by atoms with Gasteiger partial charge in [0.1, 0.15) is 16.7 Å². The Balaban J connectivity index is 1.87. The van der Waals surface area contributed by atoms with E-state index < -0.39 is 52.0 Å². The number of anilines is 1. The maximum atomic E-state index is 15.3. The molecule has 0 aliphatic heterocycles. The van der Waals surface area contributed by atoms with E-state index in [2.05, 4.69) is 19.6 Å². The number of hydrogen-bond donors (Lipinski definition) is 1. The molecule has 41 heavy (non-hydrogen) atoms. The van der Waals surface area contributed by atoms with E-state index >= 15 is 4.39 Å². The van der Waals surface area contributed by atoms with Crippen molar-refractivity contribution >= 4 is 52.2 Å². The summed E-state index contributed by atoms with van der Waals surface area (Å²) in [6.07, 6.45) is -5.00. The van der Waals surface area contributed by atoms with Gasteiger partial charge in [-0.15, -0.1) is 5.10 Å². The summed E-state index contributed by atoms with van der Waals surface area (Å²) in [6, 6.07) is 5.33. The van der Waals surface area contributed by atoms with Crippen LogP contribution in [0.5, 0.6) is 5.75 Å². The van der Waals surface area contributed by atoms with E-state index in [4.69, 9.17) is 23.2 Å². The first-order chi connectivity index (χ1) is 19.4. The molecule has 3 aromatic rings. The Morgan fingerprint density at radius 2 is 1.76 bits per heavy atom. The summed E-state index contributed by atoms with van der Waals surface area (Å²) >= 11 is 13.0. The Bertz CT molecular complexity index is 1400. The molecule has 1 atom stereocenters. The zero-order valence-electron chi connectivity index (χ0n) is 21.4.